The molecule has 1 heterocycles. The van der Waals surface area contributed by atoms with Gasteiger partial charge >= 0.3 is 12.3 Å². The Kier molecular flexibility index (Phi) is 2.45. The molecule has 1 aromatic rings. The Balaban J connectivity index is 2.62. The van der Waals surface area contributed by atoms with Crippen molar-refractivity contribution in [3.63, 3.8) is 0 Å². The fourth-order valence-corrected chi connectivity index (χ4v) is 1.75. The molecule has 0 saturated carbocycles. The number of benzene rings is 1. The van der Waals surface area contributed by atoms with Crippen LogP contribution in [0.25, 0.3) is 0 Å². The van der Waals surface area contributed by atoms with Gasteiger partial charge in [-0.05, 0) is 25.0 Å². The highest BCUT2D eigenvalue weighted by atomic mass is 19.4. The van der Waals surface area contributed by atoms with Crippen LogP contribution in [0.15, 0.2) is 12.1 Å². The van der Waals surface area contributed by atoms with Crippen LogP contribution in [0.5, 0.6) is 5.75 Å². The van der Waals surface area contributed by atoms with Gasteiger partial charge in [-0.1, -0.05) is 10.6 Å². The Labute approximate surface area is 95.1 Å². The molecule has 1 aromatic carbocycles. The molecule has 0 aromatic heterocycles. The van der Waals surface area contributed by atoms with Crippen LogP contribution in [0.1, 0.15) is 11.1 Å². The first-order chi connectivity index (χ1) is 7.78. The predicted molar refractivity (Wildman–Crippen MR) is 54.0 cm³/mol. The largest absolute Gasteiger partial charge is 0.608 e. The van der Waals surface area contributed by atoms with E-state index in [4.69, 9.17) is 4.74 Å². The minimum absolute atomic E-state index is 0.0972. The third-order valence-corrected chi connectivity index (χ3v) is 2.32. The number of nitrogens with zero attached hydrogens (tertiary/aromatic N) is 1. The quantitative estimate of drug-likeness (QED) is 0.656. The number of ether oxygens (including phenoxy) is 1. The summed E-state index contributed by atoms with van der Waals surface area (Å²) in [6, 6.07) is 3.22. The van der Waals surface area contributed by atoms with Gasteiger partial charge in [0.25, 0.3) is 11.9 Å². The van der Waals surface area contributed by atoms with Crippen molar-refractivity contribution in [1.82, 2.24) is 0 Å². The molecule has 1 aliphatic heterocycles. The summed E-state index contributed by atoms with van der Waals surface area (Å²) >= 11 is 0. The monoisotopic (exact) mass is 244 g/mol. The second-order valence-electron chi connectivity index (χ2n) is 3.84. The molecule has 0 bridgehead atoms. The fourth-order valence-electron chi connectivity index (χ4n) is 1.75. The topological polar surface area (TPSA) is 29.3 Å². The molecule has 17 heavy (non-hydrogen) atoms. The average Bonchev–Trinajstić information content (AvgIpc) is 2.43. The number of halogens is 3. The van der Waals surface area contributed by atoms with E-state index < -0.39 is 12.3 Å². The van der Waals surface area contributed by atoms with Crippen molar-refractivity contribution >= 4 is 18.0 Å². The molecule has 0 aliphatic carbocycles. The molecule has 1 amide bonds. The maximum atomic E-state index is 12.3. The van der Waals surface area contributed by atoms with E-state index in [0.717, 1.165) is 5.56 Å². The lowest BCUT2D eigenvalue weighted by Crippen LogP contribution is -2.22. The molecule has 0 saturated heterocycles. The molecule has 0 atom stereocenters. The van der Waals surface area contributed by atoms with Crippen LogP contribution in [0.3, 0.4) is 0 Å². The lowest BCUT2D eigenvalue weighted by molar-refractivity contribution is -0.341. The van der Waals surface area contributed by atoms with E-state index in [1.807, 2.05) is 0 Å². The highest BCUT2D eigenvalue weighted by Gasteiger charge is 2.43. The normalized spacial score (nSPS) is 17.2. The van der Waals surface area contributed by atoms with Gasteiger partial charge < -0.3 is 4.74 Å². The molecular formula is C11H9F3NO2+. The van der Waals surface area contributed by atoms with Crippen molar-refractivity contribution in [3.8, 4) is 5.75 Å². The van der Waals surface area contributed by atoms with Gasteiger partial charge in [0.05, 0.1) is 0 Å². The van der Waals surface area contributed by atoms with Gasteiger partial charge in [0, 0.05) is 6.07 Å². The lowest BCUT2D eigenvalue weighted by atomic mass is 10.1. The Bertz CT molecular complexity index is 532. The Morgan fingerprint density at radius 3 is 2.53 bits per heavy atom. The van der Waals surface area contributed by atoms with Gasteiger partial charge in [-0.25, -0.2) is 0 Å². The van der Waals surface area contributed by atoms with Gasteiger partial charge in [0.2, 0.25) is 5.75 Å². The summed E-state index contributed by atoms with van der Waals surface area (Å²) < 4.78 is 42.1. The van der Waals surface area contributed by atoms with Crippen LogP contribution >= 0.6 is 0 Å². The Morgan fingerprint density at radius 1 is 1.29 bits per heavy atom. The van der Waals surface area contributed by atoms with Crippen molar-refractivity contribution in [2.24, 2.45) is 0 Å². The zero-order chi connectivity index (χ0) is 12.8. The summed E-state index contributed by atoms with van der Waals surface area (Å²) in [5, 5.41) is 0. The third kappa shape index (κ3) is 2.15. The summed E-state index contributed by atoms with van der Waals surface area (Å²) in [5.74, 6) is 0.182. The highest BCUT2D eigenvalue weighted by Crippen LogP contribution is 2.37. The molecule has 1 aliphatic rings. The van der Waals surface area contributed by atoms with Gasteiger partial charge in [0.15, 0.2) is 0 Å². The predicted octanol–water partition coefficient (Wildman–Crippen LogP) is 3.09. The average molecular weight is 244 g/mol. The molecule has 0 N–H and O–H groups in total. The maximum absolute atomic E-state index is 12.3. The van der Waals surface area contributed by atoms with Crippen LogP contribution in [0.2, 0.25) is 0 Å². The molecule has 6 heteroatoms. The first-order valence-electron chi connectivity index (χ1n) is 4.83. The SMILES string of the molecule is Cc1cc(C)c2c(c1)/[N+](=C\C(F)(F)F)C(=O)O2. The van der Waals surface area contributed by atoms with E-state index in [-0.39, 0.29) is 17.7 Å². The third-order valence-electron chi connectivity index (χ3n) is 2.32. The van der Waals surface area contributed by atoms with E-state index in [1.54, 1.807) is 19.9 Å². The summed E-state index contributed by atoms with van der Waals surface area (Å²) in [4.78, 5) is 11.3. The van der Waals surface area contributed by atoms with Gasteiger partial charge in [-0.2, -0.15) is 18.0 Å². The fraction of sp³-hybridized carbons (Fsp3) is 0.273. The molecule has 90 valence electrons. The summed E-state index contributed by atoms with van der Waals surface area (Å²) in [6.45, 7) is 3.41. The molecule has 0 unspecified atom stereocenters. The maximum Gasteiger partial charge on any atom is 0.608 e. The van der Waals surface area contributed by atoms with Crippen molar-refractivity contribution in [1.29, 1.82) is 0 Å². The van der Waals surface area contributed by atoms with Crippen LogP contribution < -0.4 is 4.74 Å². The number of amides is 1. The Morgan fingerprint density at radius 2 is 1.94 bits per heavy atom. The summed E-state index contributed by atoms with van der Waals surface area (Å²) in [6.07, 6.45) is -5.70. The standard InChI is InChI=1S/C11H9F3NO2/c1-6-3-7(2)9-8(4-6)15(10(16)17-9)5-11(12,13)14/h3-5H,1-2H3/q+1/b15-5+. The first kappa shape index (κ1) is 11.6. The van der Waals surface area contributed by atoms with Crippen LogP contribution in [-0.4, -0.2) is 23.1 Å². The summed E-state index contributed by atoms with van der Waals surface area (Å²) in [5.41, 5.74) is 1.52. The molecule has 0 spiro atoms. The van der Waals surface area contributed by atoms with Crippen molar-refractivity contribution < 1.29 is 27.3 Å². The molecule has 2 rings (SSSR count). The zero-order valence-corrected chi connectivity index (χ0v) is 9.13. The lowest BCUT2D eigenvalue weighted by Gasteiger charge is -1.98. The number of hydrogen-bond donors (Lipinski definition) is 0. The highest BCUT2D eigenvalue weighted by molar-refractivity contribution is 5.81. The number of aryl methyl sites for hydroxylation is 2. The van der Waals surface area contributed by atoms with Gasteiger partial charge in [-0.3, -0.25) is 0 Å². The van der Waals surface area contributed by atoms with Crippen LogP contribution in [-0.2, 0) is 0 Å². The number of hydrogen-bond acceptors (Lipinski definition) is 2. The zero-order valence-electron chi connectivity index (χ0n) is 9.13. The number of carbonyl (C=O) groups is 1. The van der Waals surface area contributed by atoms with E-state index in [2.05, 4.69) is 0 Å². The Hall–Kier alpha value is -1.85. The van der Waals surface area contributed by atoms with Crippen LogP contribution in [0, 0.1) is 13.8 Å². The van der Waals surface area contributed by atoms with E-state index >= 15 is 0 Å². The van der Waals surface area contributed by atoms with Crippen molar-refractivity contribution in [3.05, 3.63) is 23.3 Å². The second kappa shape index (κ2) is 3.58. The van der Waals surface area contributed by atoms with E-state index in [9.17, 15) is 18.0 Å². The number of fused-ring (bicyclic) bond motifs is 1. The van der Waals surface area contributed by atoms with Crippen molar-refractivity contribution in [2.75, 3.05) is 0 Å². The van der Waals surface area contributed by atoms with E-state index in [1.165, 1.54) is 6.07 Å². The van der Waals surface area contributed by atoms with Gasteiger partial charge in [0.1, 0.15) is 0 Å². The molecular weight excluding hydrogens is 235 g/mol. The number of alkyl halides is 3. The molecule has 0 radical (unpaired) electrons. The van der Waals surface area contributed by atoms with Crippen LogP contribution in [0.4, 0.5) is 23.7 Å². The molecule has 3 nitrogen and oxygen atoms in total. The van der Waals surface area contributed by atoms with Gasteiger partial charge in [-0.15, -0.1) is 0 Å². The second-order valence-corrected chi connectivity index (χ2v) is 3.84. The molecule has 0 fully saturated rings. The number of carbonyl (C=O) groups excluding carboxylic acids is 1. The van der Waals surface area contributed by atoms with E-state index in [0.29, 0.717) is 10.1 Å². The minimum atomic E-state index is -4.57. The smallest absolute Gasteiger partial charge is 0.365 e. The van der Waals surface area contributed by atoms with Crippen molar-refractivity contribution in [2.45, 2.75) is 20.0 Å². The number of rotatable bonds is 0. The summed E-state index contributed by atoms with van der Waals surface area (Å²) in [7, 11) is 0. The minimum Gasteiger partial charge on any atom is -0.365 e. The first-order valence-corrected chi connectivity index (χ1v) is 4.83.